The van der Waals surface area contributed by atoms with Crippen LogP contribution in [-0.4, -0.2) is 39.0 Å². The summed E-state index contributed by atoms with van der Waals surface area (Å²) < 4.78 is 10.0. The van der Waals surface area contributed by atoms with Gasteiger partial charge >= 0.3 is 0 Å². The molecule has 8 nitrogen and oxygen atoms in total. The summed E-state index contributed by atoms with van der Waals surface area (Å²) in [6.45, 7) is 0. The molecule has 552 valence electrons. The highest BCUT2D eigenvalue weighted by atomic mass is 32.1. The van der Waals surface area contributed by atoms with Crippen LogP contribution in [0.5, 0.6) is 0 Å². The molecule has 0 unspecified atom stereocenters. The Hall–Kier alpha value is -15.2. The predicted octanol–water partition coefficient (Wildman–Crippen LogP) is 29.0. The first-order chi connectivity index (χ1) is 58.4. The summed E-state index contributed by atoms with van der Waals surface area (Å²) in [6.07, 6.45) is 0. The number of hydrogen-bond acceptors (Lipinski definition) is 8. The van der Waals surface area contributed by atoms with Gasteiger partial charge in [-0.1, -0.05) is 315 Å². The summed E-state index contributed by atoms with van der Waals surface area (Å²) in [6, 6.07) is 146. The molecule has 0 saturated heterocycles. The average molecular weight is 1540 g/mol. The molecule has 0 aliphatic rings. The van der Waals surface area contributed by atoms with Crippen LogP contribution in [0.25, 0.3) is 219 Å². The molecule has 0 aliphatic heterocycles. The molecule has 0 radical (unpaired) electrons. The van der Waals surface area contributed by atoms with Crippen molar-refractivity contribution in [2.24, 2.45) is 0 Å². The third-order valence-corrected chi connectivity index (χ3v) is 24.8. The van der Waals surface area contributed by atoms with Gasteiger partial charge in [0.15, 0.2) is 34.9 Å². The smallest absolute Gasteiger partial charge is 0.164 e. The van der Waals surface area contributed by atoms with E-state index >= 15 is 0 Å². The van der Waals surface area contributed by atoms with Gasteiger partial charge < -0.3 is 9.13 Å². The quantitative estimate of drug-likeness (QED) is 0.114. The summed E-state index contributed by atoms with van der Waals surface area (Å²) in [5.74, 6) is 3.82. The van der Waals surface area contributed by atoms with Crippen molar-refractivity contribution in [2.45, 2.75) is 0 Å². The molecule has 6 aromatic heterocycles. The normalized spacial score (nSPS) is 11.6. The van der Waals surface area contributed by atoms with Gasteiger partial charge in [0.25, 0.3) is 0 Å². The topological polar surface area (TPSA) is 87.2 Å². The number of fused-ring (bicyclic) bond motifs is 12. The van der Waals surface area contributed by atoms with Crippen molar-refractivity contribution in [3.05, 3.63) is 413 Å². The van der Waals surface area contributed by atoms with Crippen LogP contribution < -0.4 is 0 Å². The molecule has 0 N–H and O–H groups in total. The molecule has 0 fully saturated rings. The average Bonchev–Trinajstić information content (AvgIpc) is 1.56. The van der Waals surface area contributed by atoms with E-state index in [0.29, 0.717) is 34.9 Å². The molecule has 0 spiro atoms. The highest BCUT2D eigenvalue weighted by Crippen LogP contribution is 2.43. The van der Waals surface area contributed by atoms with E-state index < -0.39 is 0 Å². The Kier molecular flexibility index (Phi) is 17.5. The minimum atomic E-state index is 0.623. The molecule has 10 heteroatoms. The van der Waals surface area contributed by atoms with Gasteiger partial charge in [0, 0.05) is 107 Å². The van der Waals surface area contributed by atoms with Crippen LogP contribution in [0.1, 0.15) is 0 Å². The Balaban J connectivity index is 0.000000143. The lowest BCUT2D eigenvalue weighted by Gasteiger charge is -2.12. The van der Waals surface area contributed by atoms with Crippen LogP contribution in [0.2, 0.25) is 0 Å². The zero-order valence-corrected chi connectivity index (χ0v) is 65.3. The summed E-state index contributed by atoms with van der Waals surface area (Å²) in [5.41, 5.74) is 24.2. The van der Waals surface area contributed by atoms with E-state index in [1.54, 1.807) is 0 Å². The van der Waals surface area contributed by atoms with Gasteiger partial charge in [-0.15, -0.1) is 22.7 Å². The van der Waals surface area contributed by atoms with E-state index in [-0.39, 0.29) is 0 Å². The molecular weight excluding hydrogens is 1470 g/mol. The number of para-hydroxylation sites is 2. The van der Waals surface area contributed by atoms with Crippen LogP contribution in [0.15, 0.2) is 413 Å². The Morgan fingerprint density at radius 2 is 0.381 bits per heavy atom. The predicted molar refractivity (Wildman–Crippen MR) is 494 cm³/mol. The summed E-state index contributed by atoms with van der Waals surface area (Å²) in [5, 5.41) is 10.1. The molecule has 23 rings (SSSR count). The first kappa shape index (κ1) is 69.5. The molecule has 0 atom stereocenters. The maximum Gasteiger partial charge on any atom is 0.164 e. The Morgan fingerprint density at radius 3 is 0.754 bits per heavy atom. The number of hydrogen-bond donors (Lipinski definition) is 0. The first-order valence-corrected chi connectivity index (χ1v) is 41.2. The Bertz CT molecular complexity index is 7710. The molecule has 0 amide bonds. The fraction of sp³-hybridized carbons (Fsp3) is 0. The second-order valence-electron chi connectivity index (χ2n) is 29.7. The third-order valence-electron chi connectivity index (χ3n) is 22.5. The van der Waals surface area contributed by atoms with Crippen LogP contribution in [0.3, 0.4) is 0 Å². The molecule has 0 bridgehead atoms. The van der Waals surface area contributed by atoms with Crippen LogP contribution >= 0.6 is 22.7 Å². The van der Waals surface area contributed by atoms with Gasteiger partial charge in [-0.3, -0.25) is 0 Å². The molecular formula is C108H68N8S2. The SMILES string of the molecule is c1ccc(-c2ccc(-c3nc(-c4ccccc4)nc(-c4cccc(-n5c6ccccc6c6cc(-c7ccc(-c8ccc9sc%10ccccc%10c9c8)cc7)ccc65)c4)n3)cc2)cc1.c1ccc(-c2nc(-c3ccccc3)nc(-c3cccc(-n4c5ccccc5c5cc(-c6ccc(-c7ccc8sc9ccccc9c8c7)cc6)ccc54)c3)n2)cc1. The fourth-order valence-electron chi connectivity index (χ4n) is 16.7. The Labute approximate surface area is 688 Å². The molecule has 0 saturated carbocycles. The lowest BCUT2D eigenvalue weighted by molar-refractivity contribution is 1.07. The number of thiophene rings is 2. The zero-order valence-electron chi connectivity index (χ0n) is 63.7. The summed E-state index contributed by atoms with van der Waals surface area (Å²) >= 11 is 3.71. The number of aromatic nitrogens is 8. The van der Waals surface area contributed by atoms with Gasteiger partial charge in [-0.2, -0.15) is 0 Å². The minimum Gasteiger partial charge on any atom is -0.309 e. The summed E-state index contributed by atoms with van der Waals surface area (Å²) in [4.78, 5) is 30.1. The number of benzene rings is 17. The Morgan fingerprint density at radius 1 is 0.144 bits per heavy atom. The largest absolute Gasteiger partial charge is 0.309 e. The van der Waals surface area contributed by atoms with Crippen LogP contribution in [-0.2, 0) is 0 Å². The van der Waals surface area contributed by atoms with Crippen LogP contribution in [0, 0.1) is 0 Å². The second-order valence-corrected chi connectivity index (χ2v) is 31.9. The van der Waals surface area contributed by atoms with Gasteiger partial charge in [0.05, 0.1) is 22.1 Å². The second kappa shape index (κ2) is 29.6. The minimum absolute atomic E-state index is 0.623. The van der Waals surface area contributed by atoms with Crippen molar-refractivity contribution in [1.82, 2.24) is 39.0 Å². The van der Waals surface area contributed by atoms with Gasteiger partial charge in [0.2, 0.25) is 0 Å². The fourth-order valence-corrected chi connectivity index (χ4v) is 18.9. The van der Waals surface area contributed by atoms with E-state index in [1.165, 1.54) is 112 Å². The maximum absolute atomic E-state index is 5.11. The van der Waals surface area contributed by atoms with E-state index in [9.17, 15) is 0 Å². The molecule has 23 aromatic rings. The van der Waals surface area contributed by atoms with Gasteiger partial charge in [0.1, 0.15) is 0 Å². The van der Waals surface area contributed by atoms with Crippen molar-refractivity contribution in [3.8, 4) is 135 Å². The van der Waals surface area contributed by atoms with Crippen molar-refractivity contribution in [1.29, 1.82) is 0 Å². The van der Waals surface area contributed by atoms with Gasteiger partial charge in [-0.05, 0) is 153 Å². The van der Waals surface area contributed by atoms with Crippen molar-refractivity contribution in [2.75, 3.05) is 0 Å². The standard InChI is InChI=1S/C57H36N4S.C51H32N4S/c1-3-12-37(13-4-1)38-26-28-42(29-27-38)56-58-55(41-14-5-2-6-15-41)59-57(60-56)45-16-11-17-46(34-45)61-51-20-9-7-18-47(51)49-35-43(30-32-52(49)61)39-22-24-40(25-23-39)44-31-33-54-50(36-44)48-19-8-10-21-53(48)62-54;1-3-12-35(13-4-1)49-52-50(36-14-5-2-6-15-36)54-51(53-49)39-16-11-17-40(30-39)55-45-20-9-7-18-41(45)43-31-37(26-28-46(43)55)33-22-24-34(25-23-33)38-27-29-48-44(32-38)42-19-8-10-21-47(42)56-48/h1-36H;1-32H. The lowest BCUT2D eigenvalue weighted by atomic mass is 9.98. The zero-order chi connectivity index (χ0) is 78.0. The molecule has 6 heterocycles. The number of rotatable bonds is 13. The van der Waals surface area contributed by atoms with E-state index in [0.717, 1.165) is 72.4 Å². The third kappa shape index (κ3) is 12.9. The van der Waals surface area contributed by atoms with Crippen molar-refractivity contribution >= 4 is 107 Å². The maximum atomic E-state index is 5.11. The first-order valence-electron chi connectivity index (χ1n) is 39.6. The van der Waals surface area contributed by atoms with Crippen molar-refractivity contribution in [3.63, 3.8) is 0 Å². The van der Waals surface area contributed by atoms with E-state index in [4.69, 9.17) is 29.9 Å². The van der Waals surface area contributed by atoms with Crippen LogP contribution in [0.4, 0.5) is 0 Å². The van der Waals surface area contributed by atoms with Crippen molar-refractivity contribution < 1.29 is 0 Å². The lowest BCUT2D eigenvalue weighted by Crippen LogP contribution is -2.01. The summed E-state index contributed by atoms with van der Waals surface area (Å²) in [7, 11) is 0. The highest BCUT2D eigenvalue weighted by Gasteiger charge is 2.21. The molecule has 0 aliphatic carbocycles. The number of nitrogens with zero attached hydrogens (tertiary/aromatic N) is 8. The monoisotopic (exact) mass is 1540 g/mol. The highest BCUT2D eigenvalue weighted by molar-refractivity contribution is 7.26. The van der Waals surface area contributed by atoms with Gasteiger partial charge in [-0.25, -0.2) is 29.9 Å². The van der Waals surface area contributed by atoms with E-state index in [2.05, 4.69) is 325 Å². The molecule has 17 aromatic carbocycles. The van der Waals surface area contributed by atoms with E-state index in [1.807, 2.05) is 120 Å². The molecule has 118 heavy (non-hydrogen) atoms.